The van der Waals surface area contributed by atoms with E-state index < -0.39 is 5.97 Å². The van der Waals surface area contributed by atoms with E-state index in [9.17, 15) is 9.59 Å². The number of nitrogens with zero attached hydrogens (tertiary/aromatic N) is 3. The van der Waals surface area contributed by atoms with Crippen molar-refractivity contribution in [3.8, 4) is 5.69 Å². The summed E-state index contributed by atoms with van der Waals surface area (Å²) in [7, 11) is 0. The number of hydrogen-bond acceptors (Lipinski definition) is 3. The summed E-state index contributed by atoms with van der Waals surface area (Å²) in [6.07, 6.45) is -0.0581. The normalized spacial score (nSPS) is 10.7. The number of carboxylic acids is 1. The Hall–Kier alpha value is -2.15. The first-order valence-corrected chi connectivity index (χ1v) is 8.47. The Morgan fingerprint density at radius 1 is 1.25 bits per heavy atom. The SMILES string of the molecule is CCN(CCC(=O)O)C(=O)c1ccc(-n2nc(C)c(Br)c2C)cc1. The van der Waals surface area contributed by atoms with E-state index in [2.05, 4.69) is 21.0 Å². The van der Waals surface area contributed by atoms with Gasteiger partial charge in [-0.05, 0) is 61.0 Å². The van der Waals surface area contributed by atoms with Crippen molar-refractivity contribution < 1.29 is 14.7 Å². The van der Waals surface area contributed by atoms with Crippen molar-refractivity contribution >= 4 is 27.8 Å². The van der Waals surface area contributed by atoms with Gasteiger partial charge in [-0.15, -0.1) is 0 Å². The maximum absolute atomic E-state index is 12.5. The van der Waals surface area contributed by atoms with Crippen molar-refractivity contribution in [1.82, 2.24) is 14.7 Å². The lowest BCUT2D eigenvalue weighted by molar-refractivity contribution is -0.137. The predicted octanol–water partition coefficient (Wildman–Crippen LogP) is 3.19. The quantitative estimate of drug-likeness (QED) is 0.817. The summed E-state index contributed by atoms with van der Waals surface area (Å²) in [4.78, 5) is 24.7. The molecule has 0 aliphatic heterocycles. The van der Waals surface area contributed by atoms with Crippen LogP contribution in [-0.2, 0) is 4.79 Å². The maximum atomic E-state index is 12.5. The van der Waals surface area contributed by atoms with Gasteiger partial charge in [-0.2, -0.15) is 5.10 Å². The van der Waals surface area contributed by atoms with E-state index in [4.69, 9.17) is 5.11 Å². The van der Waals surface area contributed by atoms with Gasteiger partial charge in [-0.1, -0.05) is 0 Å². The molecule has 24 heavy (non-hydrogen) atoms. The fourth-order valence-corrected chi connectivity index (χ4v) is 2.68. The molecule has 2 rings (SSSR count). The van der Waals surface area contributed by atoms with E-state index in [0.29, 0.717) is 12.1 Å². The highest BCUT2D eigenvalue weighted by atomic mass is 79.9. The van der Waals surface area contributed by atoms with Crippen LogP contribution in [0.3, 0.4) is 0 Å². The van der Waals surface area contributed by atoms with E-state index in [0.717, 1.165) is 21.5 Å². The van der Waals surface area contributed by atoms with Gasteiger partial charge >= 0.3 is 5.97 Å². The molecule has 0 bridgehead atoms. The average molecular weight is 394 g/mol. The van der Waals surface area contributed by atoms with Gasteiger partial charge in [0.05, 0.1) is 28.0 Å². The van der Waals surface area contributed by atoms with Crippen LogP contribution in [0, 0.1) is 13.8 Å². The standard InChI is InChI=1S/C17H20BrN3O3/c1-4-20(10-9-15(22)23)17(24)13-5-7-14(8-6-13)21-12(3)16(18)11(2)19-21/h5-8H,4,9-10H2,1-3H3,(H,22,23). The summed E-state index contributed by atoms with van der Waals surface area (Å²) in [6.45, 7) is 6.40. The molecule has 0 saturated carbocycles. The maximum Gasteiger partial charge on any atom is 0.305 e. The van der Waals surface area contributed by atoms with Crippen molar-refractivity contribution in [2.75, 3.05) is 13.1 Å². The minimum atomic E-state index is -0.910. The van der Waals surface area contributed by atoms with Gasteiger partial charge in [0.25, 0.3) is 5.91 Å². The van der Waals surface area contributed by atoms with Gasteiger partial charge in [0, 0.05) is 18.7 Å². The monoisotopic (exact) mass is 393 g/mol. The summed E-state index contributed by atoms with van der Waals surface area (Å²) in [5.41, 5.74) is 3.29. The minimum Gasteiger partial charge on any atom is -0.481 e. The van der Waals surface area contributed by atoms with Crippen molar-refractivity contribution in [2.24, 2.45) is 0 Å². The second-order valence-corrected chi connectivity index (χ2v) is 6.27. The molecule has 0 aliphatic carbocycles. The molecular formula is C17H20BrN3O3. The molecule has 1 N–H and O–H groups in total. The average Bonchev–Trinajstić information content (AvgIpc) is 2.82. The van der Waals surface area contributed by atoms with Gasteiger partial charge in [0.2, 0.25) is 0 Å². The van der Waals surface area contributed by atoms with Crippen LogP contribution in [0.1, 0.15) is 35.1 Å². The predicted molar refractivity (Wildman–Crippen MR) is 94.6 cm³/mol. The Labute approximate surface area is 149 Å². The third-order valence-corrected chi connectivity index (χ3v) is 4.97. The number of carbonyl (C=O) groups excluding carboxylic acids is 1. The molecule has 128 valence electrons. The zero-order valence-corrected chi connectivity index (χ0v) is 15.5. The van der Waals surface area contributed by atoms with Crippen LogP contribution in [0.2, 0.25) is 0 Å². The van der Waals surface area contributed by atoms with Crippen LogP contribution in [0.5, 0.6) is 0 Å². The highest BCUT2D eigenvalue weighted by Gasteiger charge is 2.16. The largest absolute Gasteiger partial charge is 0.481 e. The molecule has 0 spiro atoms. The molecule has 0 aliphatic rings. The lowest BCUT2D eigenvalue weighted by atomic mass is 10.1. The number of aliphatic carboxylic acids is 1. The third-order valence-electron chi connectivity index (χ3n) is 3.83. The lowest BCUT2D eigenvalue weighted by Crippen LogP contribution is -2.32. The molecule has 0 saturated heterocycles. The number of aryl methyl sites for hydroxylation is 1. The summed E-state index contributed by atoms with van der Waals surface area (Å²) in [5, 5.41) is 13.2. The Balaban J connectivity index is 2.20. The molecule has 1 aromatic carbocycles. The number of rotatable bonds is 6. The highest BCUT2D eigenvalue weighted by molar-refractivity contribution is 9.10. The second kappa shape index (κ2) is 7.61. The minimum absolute atomic E-state index is 0.0581. The molecule has 1 amide bonds. The van der Waals surface area contributed by atoms with E-state index in [1.807, 2.05) is 37.6 Å². The molecule has 1 heterocycles. The van der Waals surface area contributed by atoms with E-state index in [-0.39, 0.29) is 18.9 Å². The first kappa shape index (κ1) is 18.2. The van der Waals surface area contributed by atoms with Gasteiger partial charge in [0.1, 0.15) is 0 Å². The number of amides is 1. The first-order valence-electron chi connectivity index (χ1n) is 7.68. The van der Waals surface area contributed by atoms with Gasteiger partial charge in [0.15, 0.2) is 0 Å². The third kappa shape index (κ3) is 3.84. The smallest absolute Gasteiger partial charge is 0.305 e. The Kier molecular flexibility index (Phi) is 5.77. The topological polar surface area (TPSA) is 75.4 Å². The van der Waals surface area contributed by atoms with Crippen LogP contribution < -0.4 is 0 Å². The van der Waals surface area contributed by atoms with Gasteiger partial charge < -0.3 is 10.0 Å². The van der Waals surface area contributed by atoms with Crippen LogP contribution in [0.25, 0.3) is 5.69 Å². The van der Waals surface area contributed by atoms with Crippen LogP contribution >= 0.6 is 15.9 Å². The zero-order valence-electron chi connectivity index (χ0n) is 13.9. The molecule has 2 aromatic rings. The summed E-state index contributed by atoms with van der Waals surface area (Å²) in [5.74, 6) is -1.08. The molecule has 0 radical (unpaired) electrons. The molecule has 1 aromatic heterocycles. The second-order valence-electron chi connectivity index (χ2n) is 5.47. The van der Waals surface area contributed by atoms with E-state index in [1.165, 1.54) is 4.90 Å². The molecular weight excluding hydrogens is 374 g/mol. The van der Waals surface area contributed by atoms with Crippen molar-refractivity contribution in [2.45, 2.75) is 27.2 Å². The fraction of sp³-hybridized carbons (Fsp3) is 0.353. The summed E-state index contributed by atoms with van der Waals surface area (Å²) >= 11 is 3.50. The van der Waals surface area contributed by atoms with Crippen LogP contribution in [-0.4, -0.2) is 44.8 Å². The highest BCUT2D eigenvalue weighted by Crippen LogP contribution is 2.23. The fourth-order valence-electron chi connectivity index (χ4n) is 2.44. The first-order chi connectivity index (χ1) is 11.3. The van der Waals surface area contributed by atoms with Crippen molar-refractivity contribution in [1.29, 1.82) is 0 Å². The molecule has 0 unspecified atom stereocenters. The Bertz CT molecular complexity index is 753. The lowest BCUT2D eigenvalue weighted by Gasteiger charge is -2.20. The molecule has 0 atom stereocenters. The number of halogens is 1. The summed E-state index contributed by atoms with van der Waals surface area (Å²) < 4.78 is 2.78. The molecule has 0 fully saturated rings. The van der Waals surface area contributed by atoms with Crippen LogP contribution in [0.15, 0.2) is 28.7 Å². The van der Waals surface area contributed by atoms with Crippen molar-refractivity contribution in [3.05, 3.63) is 45.7 Å². The zero-order chi connectivity index (χ0) is 17.9. The Morgan fingerprint density at radius 2 is 1.88 bits per heavy atom. The number of aromatic nitrogens is 2. The van der Waals surface area contributed by atoms with Crippen LogP contribution in [0.4, 0.5) is 0 Å². The Morgan fingerprint density at radius 3 is 2.33 bits per heavy atom. The van der Waals surface area contributed by atoms with E-state index >= 15 is 0 Å². The number of hydrogen-bond donors (Lipinski definition) is 1. The van der Waals surface area contributed by atoms with Gasteiger partial charge in [-0.25, -0.2) is 4.68 Å². The number of carboxylic acid groups (broad SMARTS) is 1. The number of carbonyl (C=O) groups is 2. The summed E-state index contributed by atoms with van der Waals surface area (Å²) in [6, 6.07) is 7.16. The van der Waals surface area contributed by atoms with Gasteiger partial charge in [-0.3, -0.25) is 9.59 Å². The van der Waals surface area contributed by atoms with E-state index in [1.54, 1.807) is 12.1 Å². The van der Waals surface area contributed by atoms with Crippen molar-refractivity contribution in [3.63, 3.8) is 0 Å². The number of benzene rings is 1. The molecule has 7 heteroatoms. The molecule has 6 nitrogen and oxygen atoms in total.